The van der Waals surface area contributed by atoms with Crippen LogP contribution in [-0.2, 0) is 12.0 Å². The number of hydrogen-bond donors (Lipinski definition) is 2. The van der Waals surface area contributed by atoms with E-state index in [9.17, 15) is 9.90 Å². The minimum atomic E-state index is -0.887. The Morgan fingerprint density at radius 1 is 1.33 bits per heavy atom. The van der Waals surface area contributed by atoms with Gasteiger partial charge in [0.15, 0.2) is 0 Å². The van der Waals surface area contributed by atoms with Crippen molar-refractivity contribution in [3.05, 3.63) is 41.7 Å². The number of carboxylic acid groups (broad SMARTS) is 1. The van der Waals surface area contributed by atoms with Gasteiger partial charge in [0.2, 0.25) is 5.88 Å². The highest BCUT2D eigenvalue weighted by molar-refractivity contribution is 5.68. The summed E-state index contributed by atoms with van der Waals surface area (Å²) < 4.78 is 5.64. The molecular formula is C20H24N4O3. The molecule has 4 heterocycles. The molecule has 1 amide bonds. The smallest absolute Gasteiger partial charge is 0.407 e. The van der Waals surface area contributed by atoms with E-state index in [4.69, 9.17) is 9.72 Å². The maximum atomic E-state index is 11.7. The van der Waals surface area contributed by atoms with Crippen molar-refractivity contribution < 1.29 is 14.6 Å². The first kappa shape index (κ1) is 17.7. The zero-order valence-corrected chi connectivity index (χ0v) is 15.4. The molecule has 4 rings (SSSR count). The van der Waals surface area contributed by atoms with Crippen LogP contribution in [0.1, 0.15) is 31.0 Å². The van der Waals surface area contributed by atoms with Gasteiger partial charge in [0, 0.05) is 18.2 Å². The van der Waals surface area contributed by atoms with Crippen LogP contribution in [0, 0.1) is 0 Å². The zero-order chi connectivity index (χ0) is 18.9. The van der Waals surface area contributed by atoms with Gasteiger partial charge in [-0.3, -0.25) is 4.98 Å². The third-order valence-corrected chi connectivity index (χ3v) is 5.54. The molecule has 1 fully saturated rings. The van der Waals surface area contributed by atoms with E-state index >= 15 is 0 Å². The van der Waals surface area contributed by atoms with Crippen LogP contribution in [0.15, 0.2) is 30.5 Å². The number of piperidine rings is 1. The number of nitrogens with one attached hydrogen (secondary N) is 1. The van der Waals surface area contributed by atoms with Crippen molar-refractivity contribution in [1.82, 2.24) is 20.2 Å². The molecule has 2 aromatic rings. The van der Waals surface area contributed by atoms with Crippen LogP contribution in [0.5, 0.6) is 5.88 Å². The summed E-state index contributed by atoms with van der Waals surface area (Å²) in [5, 5.41) is 13.0. The third kappa shape index (κ3) is 3.23. The zero-order valence-electron chi connectivity index (χ0n) is 15.4. The predicted octanol–water partition coefficient (Wildman–Crippen LogP) is 2.66. The Hall–Kier alpha value is -2.67. The maximum Gasteiger partial charge on any atom is 0.407 e. The van der Waals surface area contributed by atoms with Gasteiger partial charge in [0.1, 0.15) is 0 Å². The Morgan fingerprint density at radius 3 is 2.89 bits per heavy atom. The molecule has 142 valence electrons. The Kier molecular flexibility index (Phi) is 4.70. The van der Waals surface area contributed by atoms with Gasteiger partial charge >= 0.3 is 6.09 Å². The number of pyridine rings is 2. The van der Waals surface area contributed by atoms with Gasteiger partial charge in [-0.1, -0.05) is 6.07 Å². The molecule has 0 atom stereocenters. The summed E-state index contributed by atoms with van der Waals surface area (Å²) in [6.45, 7) is 5.09. The highest BCUT2D eigenvalue weighted by atomic mass is 16.5. The molecule has 2 aliphatic heterocycles. The first-order chi connectivity index (χ1) is 13.1. The Bertz CT molecular complexity index is 849. The van der Waals surface area contributed by atoms with E-state index in [1.54, 1.807) is 6.20 Å². The second-order valence-electron chi connectivity index (χ2n) is 7.15. The molecule has 0 radical (unpaired) electrons. The molecule has 2 aliphatic rings. The van der Waals surface area contributed by atoms with E-state index in [2.05, 4.69) is 16.4 Å². The van der Waals surface area contributed by atoms with E-state index < -0.39 is 6.09 Å². The first-order valence-electron chi connectivity index (χ1n) is 9.40. The number of amides is 1. The average molecular weight is 368 g/mol. The molecule has 2 N–H and O–H groups in total. The summed E-state index contributed by atoms with van der Waals surface area (Å²) in [6.07, 6.45) is 2.65. The maximum absolute atomic E-state index is 11.7. The van der Waals surface area contributed by atoms with Crippen molar-refractivity contribution in [3.63, 3.8) is 0 Å². The fourth-order valence-electron chi connectivity index (χ4n) is 4.25. The van der Waals surface area contributed by atoms with Gasteiger partial charge in [0.05, 0.1) is 30.1 Å². The van der Waals surface area contributed by atoms with Crippen LogP contribution in [0.4, 0.5) is 4.79 Å². The van der Waals surface area contributed by atoms with E-state index in [1.807, 2.05) is 25.1 Å². The number of nitrogens with zero attached hydrogens (tertiary/aromatic N) is 3. The molecule has 0 aliphatic carbocycles. The van der Waals surface area contributed by atoms with E-state index in [0.29, 0.717) is 25.6 Å². The van der Waals surface area contributed by atoms with Crippen molar-refractivity contribution in [2.24, 2.45) is 0 Å². The quantitative estimate of drug-likeness (QED) is 0.866. The molecule has 7 heteroatoms. The second-order valence-corrected chi connectivity index (χ2v) is 7.15. The van der Waals surface area contributed by atoms with Crippen LogP contribution in [-0.4, -0.2) is 52.3 Å². The van der Waals surface area contributed by atoms with Gasteiger partial charge in [-0.05, 0) is 56.6 Å². The molecule has 0 unspecified atom stereocenters. The van der Waals surface area contributed by atoms with E-state index in [-0.39, 0.29) is 5.41 Å². The summed E-state index contributed by atoms with van der Waals surface area (Å²) in [5.41, 5.74) is 3.47. The highest BCUT2D eigenvalue weighted by Gasteiger charge is 2.42. The van der Waals surface area contributed by atoms with Crippen LogP contribution >= 0.6 is 0 Å². The van der Waals surface area contributed by atoms with E-state index in [1.165, 1.54) is 10.5 Å². The number of rotatable bonds is 3. The number of hydrogen-bond acceptors (Lipinski definition) is 5. The largest absolute Gasteiger partial charge is 0.477 e. The van der Waals surface area contributed by atoms with Gasteiger partial charge in [-0.2, -0.15) is 0 Å². The molecule has 7 nitrogen and oxygen atoms in total. The lowest BCUT2D eigenvalue weighted by atomic mass is 9.70. The number of aromatic nitrogens is 2. The van der Waals surface area contributed by atoms with Gasteiger partial charge in [-0.15, -0.1) is 0 Å². The lowest BCUT2D eigenvalue weighted by Gasteiger charge is -2.45. The minimum absolute atomic E-state index is 0.152. The molecule has 0 saturated carbocycles. The molecule has 1 spiro atoms. The van der Waals surface area contributed by atoms with Crippen LogP contribution in [0.3, 0.4) is 0 Å². The molecule has 1 saturated heterocycles. The lowest BCUT2D eigenvalue weighted by molar-refractivity contribution is 0.109. The normalized spacial score (nSPS) is 18.2. The number of carbonyl (C=O) groups is 1. The van der Waals surface area contributed by atoms with Crippen LogP contribution in [0.2, 0.25) is 0 Å². The first-order valence-corrected chi connectivity index (χ1v) is 9.40. The standard InChI is InChI=1S/C20H24N4O3/c1-2-27-18-14(4-3-9-22-18)16-6-5-15-17(23-16)12-24(19(25)26)13-20(15)7-10-21-11-8-20/h3-6,9,21H,2,7-8,10-13H2,1H3,(H,25,26). The van der Waals surface area contributed by atoms with Gasteiger partial charge in [0.25, 0.3) is 0 Å². The molecule has 2 aromatic heterocycles. The van der Waals surface area contributed by atoms with Crippen molar-refractivity contribution in [2.45, 2.75) is 31.7 Å². The van der Waals surface area contributed by atoms with Crippen LogP contribution < -0.4 is 10.1 Å². The van der Waals surface area contributed by atoms with Gasteiger partial charge in [-0.25, -0.2) is 9.78 Å². The summed E-state index contributed by atoms with van der Waals surface area (Å²) >= 11 is 0. The summed E-state index contributed by atoms with van der Waals surface area (Å²) in [4.78, 5) is 22.4. The summed E-state index contributed by atoms with van der Waals surface area (Å²) in [7, 11) is 0. The topological polar surface area (TPSA) is 87.6 Å². The van der Waals surface area contributed by atoms with E-state index in [0.717, 1.165) is 42.9 Å². The molecule has 27 heavy (non-hydrogen) atoms. The molecule has 0 bridgehead atoms. The number of ether oxygens (including phenoxy) is 1. The Labute approximate surface area is 158 Å². The minimum Gasteiger partial charge on any atom is -0.477 e. The summed E-state index contributed by atoms with van der Waals surface area (Å²) in [6, 6.07) is 7.94. The second kappa shape index (κ2) is 7.15. The number of fused-ring (bicyclic) bond motifs is 2. The van der Waals surface area contributed by atoms with Crippen molar-refractivity contribution >= 4 is 6.09 Å². The van der Waals surface area contributed by atoms with Crippen molar-refractivity contribution in [3.8, 4) is 17.1 Å². The third-order valence-electron chi connectivity index (χ3n) is 5.54. The van der Waals surface area contributed by atoms with Gasteiger partial charge < -0.3 is 20.1 Å². The summed E-state index contributed by atoms with van der Waals surface area (Å²) in [5.74, 6) is 0.551. The lowest BCUT2D eigenvalue weighted by Crippen LogP contribution is -2.52. The molecular weight excluding hydrogens is 344 g/mol. The average Bonchev–Trinajstić information content (AvgIpc) is 2.69. The monoisotopic (exact) mass is 368 g/mol. The SMILES string of the molecule is CCOc1ncccc1-c1ccc2c(n1)CN(C(=O)O)CC21CCNCC1. The van der Waals surface area contributed by atoms with Crippen molar-refractivity contribution in [1.29, 1.82) is 0 Å². The Balaban J connectivity index is 1.78. The van der Waals surface area contributed by atoms with Crippen LogP contribution in [0.25, 0.3) is 11.3 Å². The van der Waals surface area contributed by atoms with Crippen molar-refractivity contribution in [2.75, 3.05) is 26.2 Å². The fourth-order valence-corrected chi connectivity index (χ4v) is 4.25. The molecule has 0 aromatic carbocycles. The predicted molar refractivity (Wildman–Crippen MR) is 101 cm³/mol. The fraction of sp³-hybridized carbons (Fsp3) is 0.450. The highest BCUT2D eigenvalue weighted by Crippen LogP contribution is 2.41. The Morgan fingerprint density at radius 2 is 2.15 bits per heavy atom.